The number of ether oxygens (including phenoxy) is 3. The van der Waals surface area contributed by atoms with E-state index in [1.807, 2.05) is 0 Å². The molecule has 0 saturated carbocycles. The Balaban J connectivity index is 4.23. The summed E-state index contributed by atoms with van der Waals surface area (Å²) in [6, 6.07) is 0. The van der Waals surface area contributed by atoms with E-state index >= 15 is 0 Å². The molecule has 0 aliphatic heterocycles. The highest BCUT2D eigenvalue weighted by atomic mass is 16.6. The molecule has 58 heavy (non-hydrogen) atoms. The predicted octanol–water partition coefficient (Wildman–Crippen LogP) is 16.7. The van der Waals surface area contributed by atoms with Gasteiger partial charge in [-0.25, -0.2) is 0 Å². The topological polar surface area (TPSA) is 78.9 Å². The molecule has 0 aromatic carbocycles. The van der Waals surface area contributed by atoms with Crippen molar-refractivity contribution in [2.45, 2.75) is 297 Å². The van der Waals surface area contributed by atoms with Crippen molar-refractivity contribution in [1.29, 1.82) is 0 Å². The summed E-state index contributed by atoms with van der Waals surface area (Å²) in [6.07, 6.45) is 48.0. The Morgan fingerprint density at radius 1 is 0.328 bits per heavy atom. The zero-order valence-corrected chi connectivity index (χ0v) is 39.5. The van der Waals surface area contributed by atoms with Crippen LogP contribution in [0.4, 0.5) is 0 Å². The lowest BCUT2D eigenvalue weighted by atomic mass is 10.0. The van der Waals surface area contributed by atoms with Crippen molar-refractivity contribution >= 4 is 17.9 Å². The second kappa shape index (κ2) is 46.5. The molecule has 0 aliphatic rings. The predicted molar refractivity (Wildman–Crippen MR) is 247 cm³/mol. The molecule has 0 unspecified atom stereocenters. The number of hydrogen-bond acceptors (Lipinski definition) is 6. The Labute approximate surface area is 361 Å². The number of esters is 3. The van der Waals surface area contributed by atoms with Crippen molar-refractivity contribution in [3.05, 3.63) is 0 Å². The van der Waals surface area contributed by atoms with Gasteiger partial charge in [0.15, 0.2) is 6.10 Å². The van der Waals surface area contributed by atoms with Crippen molar-refractivity contribution in [2.75, 3.05) is 13.2 Å². The van der Waals surface area contributed by atoms with Crippen LogP contribution in [0.2, 0.25) is 0 Å². The summed E-state index contributed by atoms with van der Waals surface area (Å²) in [6.45, 7) is 9.02. The summed E-state index contributed by atoms with van der Waals surface area (Å²) < 4.78 is 16.8. The van der Waals surface area contributed by atoms with Crippen molar-refractivity contribution in [2.24, 2.45) is 5.92 Å². The van der Waals surface area contributed by atoms with Gasteiger partial charge in [-0.05, 0) is 25.2 Å². The first kappa shape index (κ1) is 56.4. The first-order valence-corrected chi connectivity index (χ1v) is 25.9. The average Bonchev–Trinajstić information content (AvgIpc) is 3.21. The molecule has 1 atom stereocenters. The molecule has 0 rings (SSSR count). The summed E-state index contributed by atoms with van der Waals surface area (Å²) in [7, 11) is 0. The van der Waals surface area contributed by atoms with Gasteiger partial charge < -0.3 is 14.2 Å². The van der Waals surface area contributed by atoms with E-state index in [2.05, 4.69) is 27.7 Å². The first-order chi connectivity index (χ1) is 28.4. The third-order valence-corrected chi connectivity index (χ3v) is 11.8. The van der Waals surface area contributed by atoms with E-state index in [9.17, 15) is 14.4 Å². The van der Waals surface area contributed by atoms with Crippen LogP contribution in [0.3, 0.4) is 0 Å². The Morgan fingerprint density at radius 2 is 0.569 bits per heavy atom. The van der Waals surface area contributed by atoms with Crippen molar-refractivity contribution in [3.8, 4) is 0 Å². The van der Waals surface area contributed by atoms with Crippen LogP contribution >= 0.6 is 0 Å². The molecule has 0 spiro atoms. The number of unbranched alkanes of at least 4 members (excludes halogenated alkanes) is 34. The highest BCUT2D eigenvalue weighted by molar-refractivity contribution is 5.71. The molecule has 0 aliphatic carbocycles. The van der Waals surface area contributed by atoms with Gasteiger partial charge in [0.1, 0.15) is 13.2 Å². The molecule has 0 radical (unpaired) electrons. The maximum atomic E-state index is 12.7. The Bertz CT molecular complexity index is 872. The fourth-order valence-electron chi connectivity index (χ4n) is 7.86. The van der Waals surface area contributed by atoms with E-state index < -0.39 is 6.10 Å². The summed E-state index contributed by atoms with van der Waals surface area (Å²) in [5.41, 5.74) is 0. The number of rotatable bonds is 47. The van der Waals surface area contributed by atoms with Crippen LogP contribution in [0.5, 0.6) is 0 Å². The van der Waals surface area contributed by atoms with Crippen molar-refractivity contribution in [3.63, 3.8) is 0 Å². The highest BCUT2D eigenvalue weighted by Gasteiger charge is 2.19. The minimum absolute atomic E-state index is 0.0628. The molecule has 0 heterocycles. The highest BCUT2D eigenvalue weighted by Crippen LogP contribution is 2.17. The van der Waals surface area contributed by atoms with Crippen molar-refractivity contribution < 1.29 is 28.6 Å². The van der Waals surface area contributed by atoms with E-state index in [4.69, 9.17) is 14.2 Å². The lowest BCUT2D eigenvalue weighted by molar-refractivity contribution is -0.167. The Kier molecular flexibility index (Phi) is 45.2. The van der Waals surface area contributed by atoms with E-state index in [0.717, 1.165) is 63.7 Å². The van der Waals surface area contributed by atoms with Gasteiger partial charge in [0.05, 0.1) is 0 Å². The monoisotopic (exact) mass is 821 g/mol. The largest absolute Gasteiger partial charge is 0.462 e. The molecular weight excluding hydrogens is 721 g/mol. The van der Waals surface area contributed by atoms with Crippen LogP contribution in [-0.2, 0) is 28.6 Å². The third kappa shape index (κ3) is 45.5. The van der Waals surface area contributed by atoms with Crippen molar-refractivity contribution in [1.82, 2.24) is 0 Å². The summed E-state index contributed by atoms with van der Waals surface area (Å²) in [5.74, 6) is -0.00182. The van der Waals surface area contributed by atoms with Crippen LogP contribution in [0.1, 0.15) is 291 Å². The second-order valence-electron chi connectivity index (χ2n) is 18.3. The number of carbonyl (C=O) groups excluding carboxylic acids is 3. The maximum Gasteiger partial charge on any atom is 0.306 e. The molecule has 6 heteroatoms. The average molecular weight is 821 g/mol. The van der Waals surface area contributed by atoms with Crippen LogP contribution < -0.4 is 0 Å². The number of carbonyl (C=O) groups is 3. The second-order valence-corrected chi connectivity index (χ2v) is 18.3. The standard InChI is InChI=1S/C52H100O6/c1-5-7-9-11-13-15-16-17-21-24-28-31-35-39-43-50(53)56-46-49(58-52(55)45-41-37-33-26-14-12-10-8-6-2)47-57-51(54)44-40-36-32-29-25-22-19-18-20-23-27-30-34-38-42-48(3)4/h48-49H,5-47H2,1-4H3/t49-/m1/s1. The zero-order valence-electron chi connectivity index (χ0n) is 39.5. The zero-order chi connectivity index (χ0) is 42.4. The number of hydrogen-bond donors (Lipinski definition) is 0. The lowest BCUT2D eigenvalue weighted by Crippen LogP contribution is -2.30. The fraction of sp³-hybridized carbons (Fsp3) is 0.942. The van der Waals surface area contributed by atoms with Gasteiger partial charge in [0.2, 0.25) is 0 Å². The summed E-state index contributed by atoms with van der Waals surface area (Å²) in [5, 5.41) is 0. The fourth-order valence-corrected chi connectivity index (χ4v) is 7.86. The molecular formula is C52H100O6. The van der Waals surface area contributed by atoms with Crippen LogP contribution in [0.25, 0.3) is 0 Å². The molecule has 0 aromatic heterocycles. The molecule has 0 N–H and O–H groups in total. The maximum absolute atomic E-state index is 12.7. The van der Waals surface area contributed by atoms with Gasteiger partial charge in [-0.2, -0.15) is 0 Å². The van der Waals surface area contributed by atoms with Gasteiger partial charge in [-0.1, -0.05) is 252 Å². The minimum Gasteiger partial charge on any atom is -0.462 e. The Hall–Kier alpha value is -1.59. The van der Waals surface area contributed by atoms with E-state index in [1.165, 1.54) is 186 Å². The smallest absolute Gasteiger partial charge is 0.306 e. The molecule has 0 aromatic rings. The molecule has 6 nitrogen and oxygen atoms in total. The molecule has 0 fully saturated rings. The van der Waals surface area contributed by atoms with E-state index in [1.54, 1.807) is 0 Å². The SMILES string of the molecule is CCCCCCCCCCCCCCCCC(=O)OC[C@H](COC(=O)CCCCCCCCCCCCCCCCC(C)C)OC(=O)CCCCCCCCCCC. The molecule has 0 bridgehead atoms. The summed E-state index contributed by atoms with van der Waals surface area (Å²) in [4.78, 5) is 37.8. The molecule has 344 valence electrons. The van der Waals surface area contributed by atoms with Gasteiger partial charge in [0.25, 0.3) is 0 Å². The van der Waals surface area contributed by atoms with Gasteiger partial charge in [-0.3, -0.25) is 14.4 Å². The summed E-state index contributed by atoms with van der Waals surface area (Å²) >= 11 is 0. The lowest BCUT2D eigenvalue weighted by Gasteiger charge is -2.18. The normalized spacial score (nSPS) is 11.9. The van der Waals surface area contributed by atoms with Crippen LogP contribution in [0, 0.1) is 5.92 Å². The quantitative estimate of drug-likeness (QED) is 0.0346. The van der Waals surface area contributed by atoms with E-state index in [-0.39, 0.29) is 31.1 Å². The minimum atomic E-state index is -0.759. The first-order valence-electron chi connectivity index (χ1n) is 25.9. The van der Waals surface area contributed by atoms with E-state index in [0.29, 0.717) is 19.3 Å². The molecule has 0 saturated heterocycles. The molecule has 0 amide bonds. The van der Waals surface area contributed by atoms with Crippen LogP contribution in [0.15, 0.2) is 0 Å². The van der Waals surface area contributed by atoms with Gasteiger partial charge in [0, 0.05) is 19.3 Å². The Morgan fingerprint density at radius 3 is 0.845 bits per heavy atom. The van der Waals surface area contributed by atoms with Gasteiger partial charge in [-0.15, -0.1) is 0 Å². The van der Waals surface area contributed by atoms with Gasteiger partial charge >= 0.3 is 17.9 Å². The third-order valence-electron chi connectivity index (χ3n) is 11.8. The van der Waals surface area contributed by atoms with Crippen LogP contribution in [-0.4, -0.2) is 37.2 Å².